The van der Waals surface area contributed by atoms with E-state index in [1.54, 1.807) is 7.11 Å². The first-order valence-electron chi connectivity index (χ1n) is 5.95. The van der Waals surface area contributed by atoms with Crippen LogP contribution in [0.3, 0.4) is 0 Å². The van der Waals surface area contributed by atoms with Crippen molar-refractivity contribution in [1.29, 1.82) is 0 Å². The number of benzene rings is 1. The Hall–Kier alpha value is -1.51. The lowest BCUT2D eigenvalue weighted by molar-refractivity contribution is -0.139. The third-order valence-corrected chi connectivity index (χ3v) is 3.79. The van der Waals surface area contributed by atoms with E-state index in [1.165, 1.54) is 0 Å². The van der Waals surface area contributed by atoms with Gasteiger partial charge in [0.1, 0.15) is 5.75 Å². The molecule has 0 atom stereocenters. The van der Waals surface area contributed by atoms with E-state index in [4.69, 9.17) is 9.84 Å². The fourth-order valence-electron chi connectivity index (χ4n) is 2.90. The summed E-state index contributed by atoms with van der Waals surface area (Å²) in [4.78, 5) is 11.1. The molecule has 0 saturated heterocycles. The summed E-state index contributed by atoms with van der Waals surface area (Å²) in [7, 11) is 1.64. The second-order valence-corrected chi connectivity index (χ2v) is 4.86. The van der Waals surface area contributed by atoms with E-state index in [-0.39, 0.29) is 11.8 Å². The van der Waals surface area contributed by atoms with Crippen molar-refractivity contribution in [3.63, 3.8) is 0 Å². The third-order valence-electron chi connectivity index (χ3n) is 3.79. The summed E-state index contributed by atoms with van der Waals surface area (Å²) >= 11 is 0. The van der Waals surface area contributed by atoms with Gasteiger partial charge in [-0.1, -0.05) is 18.6 Å². The highest BCUT2D eigenvalue weighted by Crippen LogP contribution is 2.50. The van der Waals surface area contributed by atoms with Crippen LogP contribution in [-0.2, 0) is 10.2 Å². The summed E-state index contributed by atoms with van der Waals surface area (Å²) in [6.07, 6.45) is 3.19. The fraction of sp³-hybridized carbons (Fsp3) is 0.500. The maximum absolute atomic E-state index is 11.1. The summed E-state index contributed by atoms with van der Waals surface area (Å²) < 4.78 is 5.40. The second kappa shape index (κ2) is 4.40. The molecule has 3 nitrogen and oxygen atoms in total. The molecule has 3 heteroatoms. The monoisotopic (exact) mass is 234 g/mol. The van der Waals surface area contributed by atoms with Crippen LogP contribution < -0.4 is 4.74 Å². The Bertz CT molecular complexity index is 433. The lowest BCUT2D eigenvalue weighted by atomic mass is 9.61. The SMILES string of the molecule is COc1cccc(C)c1C1(CC(=O)O)CCC1. The predicted octanol–water partition coefficient (Wildman–Crippen LogP) is 2.90. The minimum absolute atomic E-state index is 0.203. The Balaban J connectivity index is 2.46. The van der Waals surface area contributed by atoms with Gasteiger partial charge in [0.2, 0.25) is 0 Å². The van der Waals surface area contributed by atoms with Gasteiger partial charge in [-0.25, -0.2) is 0 Å². The van der Waals surface area contributed by atoms with Gasteiger partial charge in [-0.15, -0.1) is 0 Å². The van der Waals surface area contributed by atoms with Crippen LogP contribution in [0.4, 0.5) is 0 Å². The van der Waals surface area contributed by atoms with E-state index in [1.807, 2.05) is 25.1 Å². The highest BCUT2D eigenvalue weighted by molar-refractivity contribution is 5.70. The van der Waals surface area contributed by atoms with Crippen LogP contribution in [0.5, 0.6) is 5.75 Å². The minimum Gasteiger partial charge on any atom is -0.496 e. The van der Waals surface area contributed by atoms with Gasteiger partial charge in [-0.3, -0.25) is 4.79 Å². The number of aryl methyl sites for hydroxylation is 1. The average molecular weight is 234 g/mol. The van der Waals surface area contributed by atoms with Crippen LogP contribution in [-0.4, -0.2) is 18.2 Å². The zero-order chi connectivity index (χ0) is 12.5. The molecule has 0 aliphatic heterocycles. The number of rotatable bonds is 4. The third kappa shape index (κ3) is 2.02. The van der Waals surface area contributed by atoms with E-state index in [0.717, 1.165) is 36.1 Å². The zero-order valence-corrected chi connectivity index (χ0v) is 10.3. The van der Waals surface area contributed by atoms with Crippen molar-refractivity contribution in [1.82, 2.24) is 0 Å². The van der Waals surface area contributed by atoms with Crippen LogP contribution in [0.15, 0.2) is 18.2 Å². The van der Waals surface area contributed by atoms with Gasteiger partial charge < -0.3 is 9.84 Å². The van der Waals surface area contributed by atoms with Gasteiger partial charge in [-0.05, 0) is 31.4 Å². The Morgan fingerprint density at radius 3 is 2.65 bits per heavy atom. The molecule has 2 rings (SSSR count). The normalized spacial score (nSPS) is 17.3. The average Bonchev–Trinajstić information content (AvgIpc) is 2.23. The molecule has 0 unspecified atom stereocenters. The molecule has 0 aromatic heterocycles. The molecule has 1 fully saturated rings. The first-order chi connectivity index (χ1) is 8.09. The molecule has 1 aliphatic rings. The predicted molar refractivity (Wildman–Crippen MR) is 65.5 cm³/mol. The molecular formula is C14H18O3. The summed E-state index contributed by atoms with van der Waals surface area (Å²) in [6.45, 7) is 2.03. The molecule has 17 heavy (non-hydrogen) atoms. The standard InChI is InChI=1S/C14H18O3/c1-10-5-3-6-11(17-2)13(10)14(7-4-8-14)9-12(15)16/h3,5-6H,4,7-9H2,1-2H3,(H,15,16). The molecule has 1 aliphatic carbocycles. The topological polar surface area (TPSA) is 46.5 Å². The van der Waals surface area contributed by atoms with Gasteiger partial charge in [0.05, 0.1) is 13.5 Å². The Kier molecular flexibility index (Phi) is 3.09. The molecule has 1 N–H and O–H groups in total. The number of aliphatic carboxylic acids is 1. The molecule has 0 spiro atoms. The van der Waals surface area contributed by atoms with Crippen molar-refractivity contribution in [2.24, 2.45) is 0 Å². The summed E-state index contributed by atoms with van der Waals surface area (Å²) in [6, 6.07) is 5.90. The van der Waals surface area contributed by atoms with Crippen LogP contribution in [0.25, 0.3) is 0 Å². The summed E-state index contributed by atoms with van der Waals surface area (Å²) in [5.41, 5.74) is 2.02. The van der Waals surface area contributed by atoms with Crippen LogP contribution in [0.2, 0.25) is 0 Å². The van der Waals surface area contributed by atoms with Crippen LogP contribution in [0, 0.1) is 6.92 Å². The van der Waals surface area contributed by atoms with Gasteiger partial charge in [0, 0.05) is 11.0 Å². The highest BCUT2D eigenvalue weighted by atomic mass is 16.5. The van der Waals surface area contributed by atoms with Gasteiger partial charge in [0.25, 0.3) is 0 Å². The van der Waals surface area contributed by atoms with Crippen molar-refractivity contribution < 1.29 is 14.6 Å². The van der Waals surface area contributed by atoms with Crippen molar-refractivity contribution >= 4 is 5.97 Å². The maximum Gasteiger partial charge on any atom is 0.304 e. The van der Waals surface area contributed by atoms with E-state index in [9.17, 15) is 4.79 Å². The van der Waals surface area contributed by atoms with E-state index < -0.39 is 5.97 Å². The lowest BCUT2D eigenvalue weighted by Crippen LogP contribution is -2.37. The first-order valence-corrected chi connectivity index (χ1v) is 5.95. The smallest absolute Gasteiger partial charge is 0.304 e. The molecule has 0 amide bonds. The van der Waals surface area contributed by atoms with Crippen molar-refractivity contribution in [3.8, 4) is 5.75 Å². The number of ether oxygens (including phenoxy) is 1. The Morgan fingerprint density at radius 2 is 2.18 bits per heavy atom. The second-order valence-electron chi connectivity index (χ2n) is 4.86. The molecule has 0 radical (unpaired) electrons. The van der Waals surface area contributed by atoms with Crippen LogP contribution in [0.1, 0.15) is 36.8 Å². The molecule has 1 aromatic rings. The fourth-order valence-corrected chi connectivity index (χ4v) is 2.90. The number of carbonyl (C=O) groups is 1. The zero-order valence-electron chi connectivity index (χ0n) is 10.3. The number of hydrogen-bond donors (Lipinski definition) is 1. The highest BCUT2D eigenvalue weighted by Gasteiger charge is 2.43. The lowest BCUT2D eigenvalue weighted by Gasteiger charge is -2.43. The largest absolute Gasteiger partial charge is 0.496 e. The molecule has 92 valence electrons. The van der Waals surface area contributed by atoms with Gasteiger partial charge in [-0.2, -0.15) is 0 Å². The van der Waals surface area contributed by atoms with Crippen molar-refractivity contribution in [2.45, 2.75) is 38.0 Å². The van der Waals surface area contributed by atoms with E-state index in [2.05, 4.69) is 0 Å². The molecule has 1 saturated carbocycles. The number of carboxylic acid groups (broad SMARTS) is 1. The van der Waals surface area contributed by atoms with Crippen LogP contribution >= 0.6 is 0 Å². The Morgan fingerprint density at radius 1 is 1.47 bits per heavy atom. The maximum atomic E-state index is 11.1. The minimum atomic E-state index is -0.727. The van der Waals surface area contributed by atoms with E-state index >= 15 is 0 Å². The number of hydrogen-bond acceptors (Lipinski definition) is 2. The molecular weight excluding hydrogens is 216 g/mol. The van der Waals surface area contributed by atoms with Gasteiger partial charge in [0.15, 0.2) is 0 Å². The number of carboxylic acids is 1. The molecule has 0 heterocycles. The van der Waals surface area contributed by atoms with Crippen molar-refractivity contribution in [2.75, 3.05) is 7.11 Å². The first kappa shape index (κ1) is 12.0. The summed E-state index contributed by atoms with van der Waals surface area (Å²) in [5, 5.41) is 9.09. The molecule has 0 bridgehead atoms. The van der Waals surface area contributed by atoms with E-state index in [0.29, 0.717) is 0 Å². The molecule has 1 aromatic carbocycles. The Labute approximate surface area is 101 Å². The number of methoxy groups -OCH3 is 1. The summed E-state index contributed by atoms with van der Waals surface area (Å²) in [5.74, 6) is 0.0981. The van der Waals surface area contributed by atoms with Crippen molar-refractivity contribution in [3.05, 3.63) is 29.3 Å². The quantitative estimate of drug-likeness (QED) is 0.871. The van der Waals surface area contributed by atoms with Gasteiger partial charge >= 0.3 is 5.97 Å².